The second-order valence-electron chi connectivity index (χ2n) is 2.77. The van der Waals surface area contributed by atoms with E-state index in [0.717, 1.165) is 23.6 Å². The summed E-state index contributed by atoms with van der Waals surface area (Å²) in [5.74, 6) is 1.49. The zero-order valence-electron chi connectivity index (χ0n) is 10.5. The summed E-state index contributed by atoms with van der Waals surface area (Å²) in [4.78, 5) is 0. The number of methoxy groups -OCH3 is 2. The Balaban J connectivity index is 0.00000106. The minimum absolute atomic E-state index is 0.740. The molecule has 0 heterocycles. The Bertz CT molecular complexity index is 311. The van der Waals surface area contributed by atoms with Gasteiger partial charge in [0.15, 0.2) is 11.5 Å². The minimum atomic E-state index is 0.740. The molecule has 0 aromatic heterocycles. The fourth-order valence-electron chi connectivity index (χ4n) is 1.18. The summed E-state index contributed by atoms with van der Waals surface area (Å²) in [6, 6.07) is 5.81. The number of rotatable bonds is 5. The maximum absolute atomic E-state index is 5.18. The van der Waals surface area contributed by atoms with Crippen LogP contribution in [0.15, 0.2) is 31.0 Å². The fraction of sp³-hybridized carbons (Fsp3) is 0.385. The molecule has 16 heavy (non-hydrogen) atoms. The van der Waals surface area contributed by atoms with Crippen LogP contribution in [0.3, 0.4) is 0 Å². The molecule has 0 fully saturated rings. The smallest absolute Gasteiger partial charge is 0.161 e. The van der Waals surface area contributed by atoms with Crippen LogP contribution >= 0.6 is 0 Å². The molecule has 3 nitrogen and oxygen atoms in total. The van der Waals surface area contributed by atoms with Gasteiger partial charge < -0.3 is 14.8 Å². The van der Waals surface area contributed by atoms with Gasteiger partial charge in [0.25, 0.3) is 0 Å². The van der Waals surface area contributed by atoms with E-state index >= 15 is 0 Å². The fourth-order valence-corrected chi connectivity index (χ4v) is 1.18. The van der Waals surface area contributed by atoms with Crippen LogP contribution in [-0.4, -0.2) is 14.2 Å². The van der Waals surface area contributed by atoms with E-state index < -0.39 is 0 Å². The van der Waals surface area contributed by atoms with Gasteiger partial charge in [0.05, 0.1) is 14.2 Å². The molecule has 0 radical (unpaired) electrons. The lowest BCUT2D eigenvalue weighted by Gasteiger charge is -2.09. The molecule has 0 spiro atoms. The third-order valence-corrected chi connectivity index (χ3v) is 1.90. The van der Waals surface area contributed by atoms with Crippen molar-refractivity contribution in [3.8, 4) is 11.5 Å². The highest BCUT2D eigenvalue weighted by Crippen LogP contribution is 2.27. The average molecular weight is 223 g/mol. The summed E-state index contributed by atoms with van der Waals surface area (Å²) in [7, 11) is 3.25. The van der Waals surface area contributed by atoms with E-state index in [-0.39, 0.29) is 0 Å². The third-order valence-electron chi connectivity index (χ3n) is 1.90. The molecule has 0 saturated carbocycles. The molecule has 0 atom stereocenters. The van der Waals surface area contributed by atoms with Crippen molar-refractivity contribution in [1.82, 2.24) is 5.32 Å². The van der Waals surface area contributed by atoms with Crippen molar-refractivity contribution in [2.24, 2.45) is 0 Å². The van der Waals surface area contributed by atoms with Crippen LogP contribution in [0.25, 0.3) is 0 Å². The Morgan fingerprint density at radius 1 is 1.19 bits per heavy atom. The number of nitrogens with one attached hydrogen (secondary N) is 1. The average Bonchev–Trinajstić information content (AvgIpc) is 2.38. The first-order valence-corrected chi connectivity index (χ1v) is 5.37. The van der Waals surface area contributed by atoms with Crippen LogP contribution < -0.4 is 14.8 Å². The molecule has 1 N–H and O–H groups in total. The minimum Gasteiger partial charge on any atom is -0.493 e. The van der Waals surface area contributed by atoms with Gasteiger partial charge >= 0.3 is 0 Å². The van der Waals surface area contributed by atoms with Crippen molar-refractivity contribution >= 4 is 0 Å². The van der Waals surface area contributed by atoms with E-state index in [2.05, 4.69) is 11.9 Å². The van der Waals surface area contributed by atoms with Crippen LogP contribution in [0.5, 0.6) is 11.5 Å². The van der Waals surface area contributed by atoms with Crippen molar-refractivity contribution < 1.29 is 9.47 Å². The summed E-state index contributed by atoms with van der Waals surface area (Å²) in [5, 5.41) is 3.02. The Kier molecular flexibility index (Phi) is 7.76. The lowest BCUT2D eigenvalue weighted by molar-refractivity contribution is 0.354. The predicted molar refractivity (Wildman–Crippen MR) is 67.9 cm³/mol. The molecule has 0 aliphatic carbocycles. The van der Waals surface area contributed by atoms with Crippen LogP contribution in [0.1, 0.15) is 19.4 Å². The molecule has 0 aliphatic heterocycles. The summed E-state index contributed by atoms with van der Waals surface area (Å²) in [6.07, 6.45) is 1.66. The summed E-state index contributed by atoms with van der Waals surface area (Å²) in [5.41, 5.74) is 1.13. The quantitative estimate of drug-likeness (QED) is 0.832. The normalized spacial score (nSPS) is 8.50. The molecule has 1 rings (SSSR count). The Hall–Kier alpha value is -1.64. The van der Waals surface area contributed by atoms with Crippen molar-refractivity contribution in [3.05, 3.63) is 36.5 Å². The molecule has 90 valence electrons. The monoisotopic (exact) mass is 223 g/mol. The standard InChI is InChI=1S/C11H15NO2.C2H6/c1-4-12-8-9-5-6-10(13-2)11(7-9)14-3;1-2/h4-7,12H,1,8H2,2-3H3;1-2H3. The van der Waals surface area contributed by atoms with Gasteiger partial charge in [0.1, 0.15) is 0 Å². The van der Waals surface area contributed by atoms with Gasteiger partial charge in [-0.05, 0) is 23.9 Å². The van der Waals surface area contributed by atoms with E-state index in [9.17, 15) is 0 Å². The predicted octanol–water partition coefficient (Wildman–Crippen LogP) is 2.96. The summed E-state index contributed by atoms with van der Waals surface area (Å²) >= 11 is 0. The molecule has 1 aromatic carbocycles. The van der Waals surface area contributed by atoms with Gasteiger partial charge in [-0.3, -0.25) is 0 Å². The first-order chi connectivity index (χ1) is 7.81. The molecule has 3 heteroatoms. The van der Waals surface area contributed by atoms with Crippen LogP contribution in [0.4, 0.5) is 0 Å². The largest absolute Gasteiger partial charge is 0.493 e. The second kappa shape index (κ2) is 8.65. The molecular weight excluding hydrogens is 202 g/mol. The van der Waals surface area contributed by atoms with E-state index in [4.69, 9.17) is 9.47 Å². The number of benzene rings is 1. The Morgan fingerprint density at radius 3 is 2.31 bits per heavy atom. The molecule has 0 aliphatic rings. The highest BCUT2D eigenvalue weighted by atomic mass is 16.5. The molecule has 0 amide bonds. The van der Waals surface area contributed by atoms with Gasteiger partial charge in [-0.25, -0.2) is 0 Å². The van der Waals surface area contributed by atoms with Crippen molar-refractivity contribution in [3.63, 3.8) is 0 Å². The van der Waals surface area contributed by atoms with E-state index in [1.54, 1.807) is 20.4 Å². The molecular formula is C13H21NO2. The Morgan fingerprint density at radius 2 is 1.81 bits per heavy atom. The number of ether oxygens (including phenoxy) is 2. The van der Waals surface area contributed by atoms with Gasteiger partial charge in [-0.15, -0.1) is 0 Å². The third kappa shape index (κ3) is 4.26. The molecule has 0 saturated heterocycles. The Labute approximate surface area is 98.1 Å². The lowest BCUT2D eigenvalue weighted by atomic mass is 10.2. The van der Waals surface area contributed by atoms with Crippen molar-refractivity contribution in [2.75, 3.05) is 14.2 Å². The van der Waals surface area contributed by atoms with E-state index in [0.29, 0.717) is 0 Å². The maximum atomic E-state index is 5.18. The van der Waals surface area contributed by atoms with Gasteiger partial charge in [-0.1, -0.05) is 26.5 Å². The van der Waals surface area contributed by atoms with Crippen LogP contribution in [-0.2, 0) is 6.54 Å². The molecule has 0 bridgehead atoms. The highest BCUT2D eigenvalue weighted by Gasteiger charge is 2.03. The molecule has 0 unspecified atom stereocenters. The van der Waals surface area contributed by atoms with Gasteiger partial charge in [0, 0.05) is 6.54 Å². The molecule has 1 aromatic rings. The van der Waals surface area contributed by atoms with Gasteiger partial charge in [-0.2, -0.15) is 0 Å². The van der Waals surface area contributed by atoms with E-state index in [1.807, 2.05) is 32.0 Å². The number of hydrogen-bond acceptors (Lipinski definition) is 3. The topological polar surface area (TPSA) is 30.5 Å². The van der Waals surface area contributed by atoms with Crippen molar-refractivity contribution in [1.29, 1.82) is 0 Å². The zero-order chi connectivity index (χ0) is 12.4. The summed E-state index contributed by atoms with van der Waals surface area (Å²) < 4.78 is 10.3. The van der Waals surface area contributed by atoms with Crippen molar-refractivity contribution in [2.45, 2.75) is 20.4 Å². The first kappa shape index (κ1) is 14.4. The lowest BCUT2D eigenvalue weighted by Crippen LogP contribution is -2.03. The zero-order valence-corrected chi connectivity index (χ0v) is 10.5. The van der Waals surface area contributed by atoms with Crippen LogP contribution in [0, 0.1) is 0 Å². The van der Waals surface area contributed by atoms with Crippen LogP contribution in [0.2, 0.25) is 0 Å². The first-order valence-electron chi connectivity index (χ1n) is 5.37. The second-order valence-corrected chi connectivity index (χ2v) is 2.77. The maximum Gasteiger partial charge on any atom is 0.161 e. The van der Waals surface area contributed by atoms with Gasteiger partial charge in [0.2, 0.25) is 0 Å². The highest BCUT2D eigenvalue weighted by molar-refractivity contribution is 5.42. The van der Waals surface area contributed by atoms with E-state index in [1.165, 1.54) is 0 Å². The SMILES string of the molecule is C=CNCc1ccc(OC)c(OC)c1.CC. The number of hydrogen-bond donors (Lipinski definition) is 1. The summed E-state index contributed by atoms with van der Waals surface area (Å²) in [6.45, 7) is 8.32.